The quantitative estimate of drug-likeness (QED) is 0.479. The lowest BCUT2D eigenvalue weighted by molar-refractivity contribution is -0.139. The van der Waals surface area contributed by atoms with Crippen LogP contribution in [0.2, 0.25) is 0 Å². The summed E-state index contributed by atoms with van der Waals surface area (Å²) in [5.41, 5.74) is 2.77. The first-order chi connectivity index (χ1) is 18.3. The molecule has 6 nitrogen and oxygen atoms in total. The molecule has 1 saturated heterocycles. The third-order valence-electron chi connectivity index (χ3n) is 8.01. The Morgan fingerprint density at radius 1 is 1.08 bits per heavy atom. The molecule has 1 atom stereocenters. The van der Waals surface area contributed by atoms with E-state index in [0.29, 0.717) is 19.5 Å². The van der Waals surface area contributed by atoms with Gasteiger partial charge in [-0.25, -0.2) is 0 Å². The number of hydrogen-bond acceptors (Lipinski definition) is 5. The number of nitrogens with zero attached hydrogens (tertiary/aromatic N) is 3. The van der Waals surface area contributed by atoms with Crippen LogP contribution in [-0.2, 0) is 30.5 Å². The number of nitrogens with one attached hydrogen (secondary N) is 1. The van der Waals surface area contributed by atoms with Crippen molar-refractivity contribution in [3.63, 3.8) is 0 Å². The normalized spacial score (nSPS) is 20.4. The van der Waals surface area contributed by atoms with Gasteiger partial charge < -0.3 is 15.3 Å². The number of aliphatic hydroxyl groups is 1. The first-order valence-electron chi connectivity index (χ1n) is 13.7. The zero-order valence-corrected chi connectivity index (χ0v) is 21.7. The number of carbonyl (C=O) groups is 1. The number of halogens is 3. The van der Waals surface area contributed by atoms with Crippen LogP contribution in [0.3, 0.4) is 0 Å². The van der Waals surface area contributed by atoms with E-state index in [1.54, 1.807) is 6.07 Å². The SMILES string of the molecule is O=C(CNc1cccc2c1CCN(CC1CC1)C2)N(CCN1CCCC1O)Cc1ccccc1C(F)(F)F. The molecule has 0 bridgehead atoms. The highest BCUT2D eigenvalue weighted by Gasteiger charge is 2.34. The second-order valence-electron chi connectivity index (χ2n) is 10.9. The van der Waals surface area contributed by atoms with Crippen molar-refractivity contribution in [3.05, 3.63) is 64.7 Å². The van der Waals surface area contributed by atoms with E-state index in [1.165, 1.54) is 41.0 Å². The van der Waals surface area contributed by atoms with Crippen molar-refractivity contribution in [2.75, 3.05) is 44.6 Å². The molecule has 1 saturated carbocycles. The summed E-state index contributed by atoms with van der Waals surface area (Å²) < 4.78 is 41.0. The number of fused-ring (bicyclic) bond motifs is 1. The summed E-state index contributed by atoms with van der Waals surface area (Å²) in [5.74, 6) is 0.574. The first-order valence-corrected chi connectivity index (χ1v) is 13.7. The third-order valence-corrected chi connectivity index (χ3v) is 8.01. The van der Waals surface area contributed by atoms with Crippen LogP contribution in [0.15, 0.2) is 42.5 Å². The smallest absolute Gasteiger partial charge is 0.378 e. The summed E-state index contributed by atoms with van der Waals surface area (Å²) in [7, 11) is 0. The maximum absolute atomic E-state index is 13.7. The lowest BCUT2D eigenvalue weighted by Crippen LogP contribution is -2.42. The summed E-state index contributed by atoms with van der Waals surface area (Å²) in [6, 6.07) is 11.5. The Morgan fingerprint density at radius 2 is 1.89 bits per heavy atom. The molecule has 2 heterocycles. The molecule has 3 aliphatic rings. The topological polar surface area (TPSA) is 59.1 Å². The molecule has 2 fully saturated rings. The van der Waals surface area contributed by atoms with Crippen LogP contribution < -0.4 is 5.32 Å². The van der Waals surface area contributed by atoms with Gasteiger partial charge in [0.2, 0.25) is 5.91 Å². The average molecular weight is 531 g/mol. The largest absolute Gasteiger partial charge is 0.416 e. The lowest BCUT2D eigenvalue weighted by atomic mass is 9.97. The maximum Gasteiger partial charge on any atom is 0.416 e. The van der Waals surface area contributed by atoms with Crippen molar-refractivity contribution >= 4 is 11.6 Å². The first kappa shape index (κ1) is 27.0. The minimum Gasteiger partial charge on any atom is -0.378 e. The van der Waals surface area contributed by atoms with Gasteiger partial charge in [0.15, 0.2) is 0 Å². The zero-order chi connectivity index (χ0) is 26.7. The Bertz CT molecular complexity index is 1120. The molecule has 1 amide bonds. The molecule has 2 aromatic rings. The van der Waals surface area contributed by atoms with Crippen molar-refractivity contribution in [2.45, 2.75) is 57.6 Å². The Morgan fingerprint density at radius 3 is 2.63 bits per heavy atom. The molecular weight excluding hydrogens is 493 g/mol. The van der Waals surface area contributed by atoms with Crippen molar-refractivity contribution in [2.24, 2.45) is 5.92 Å². The minimum atomic E-state index is -4.49. The number of alkyl halides is 3. The Labute approximate surface area is 222 Å². The lowest BCUT2D eigenvalue weighted by Gasteiger charge is -2.31. The second-order valence-corrected chi connectivity index (χ2v) is 10.9. The molecule has 206 valence electrons. The highest BCUT2D eigenvalue weighted by Crippen LogP contribution is 2.34. The van der Waals surface area contributed by atoms with Crippen LogP contribution in [0.25, 0.3) is 0 Å². The highest BCUT2D eigenvalue weighted by atomic mass is 19.4. The van der Waals surface area contributed by atoms with E-state index < -0.39 is 18.0 Å². The van der Waals surface area contributed by atoms with Crippen LogP contribution in [0.1, 0.15) is 47.9 Å². The molecule has 9 heteroatoms. The van der Waals surface area contributed by atoms with Crippen LogP contribution in [0.5, 0.6) is 0 Å². The van der Waals surface area contributed by atoms with E-state index in [9.17, 15) is 23.1 Å². The summed E-state index contributed by atoms with van der Waals surface area (Å²) in [5, 5.41) is 13.5. The molecular formula is C29H37F3N4O2. The van der Waals surface area contributed by atoms with Gasteiger partial charge in [0.05, 0.1) is 12.1 Å². The Balaban J connectivity index is 1.27. The fourth-order valence-corrected chi connectivity index (χ4v) is 5.69. The van der Waals surface area contributed by atoms with Gasteiger partial charge in [0.25, 0.3) is 0 Å². The maximum atomic E-state index is 13.7. The molecule has 0 radical (unpaired) electrons. The highest BCUT2D eigenvalue weighted by molar-refractivity contribution is 5.81. The van der Waals surface area contributed by atoms with Crippen LogP contribution in [0.4, 0.5) is 18.9 Å². The van der Waals surface area contributed by atoms with E-state index in [-0.39, 0.29) is 31.1 Å². The monoisotopic (exact) mass is 530 g/mol. The number of benzene rings is 2. The molecule has 0 aromatic heterocycles. The molecule has 2 N–H and O–H groups in total. The second kappa shape index (κ2) is 11.6. The zero-order valence-electron chi connectivity index (χ0n) is 21.7. The number of likely N-dealkylation sites (tertiary alicyclic amines) is 1. The molecule has 38 heavy (non-hydrogen) atoms. The van der Waals surface area contributed by atoms with E-state index in [1.807, 2.05) is 17.0 Å². The fourth-order valence-electron chi connectivity index (χ4n) is 5.69. The number of rotatable bonds is 10. The van der Waals surface area contributed by atoms with Gasteiger partial charge in [-0.1, -0.05) is 30.3 Å². The van der Waals surface area contributed by atoms with Crippen LogP contribution in [0, 0.1) is 5.92 Å². The molecule has 5 rings (SSSR count). The van der Waals surface area contributed by atoms with Gasteiger partial charge in [0.1, 0.15) is 6.23 Å². The molecule has 2 aliphatic heterocycles. The summed E-state index contributed by atoms with van der Waals surface area (Å²) >= 11 is 0. The van der Waals surface area contributed by atoms with Crippen molar-refractivity contribution < 1.29 is 23.1 Å². The number of carbonyl (C=O) groups excluding carboxylic acids is 1. The van der Waals surface area contributed by atoms with E-state index in [0.717, 1.165) is 50.1 Å². The Kier molecular flexibility index (Phi) is 8.26. The minimum absolute atomic E-state index is 0.00101. The van der Waals surface area contributed by atoms with Gasteiger partial charge in [-0.15, -0.1) is 0 Å². The standard InChI is InChI=1S/C29H37F3N4O2/c30-29(31,32)25-7-2-1-5-23(25)20-36(16-15-35-13-4-9-27(35)37)28(38)17-33-26-8-3-6-22-19-34(14-12-24(22)26)18-21-10-11-21/h1-3,5-8,21,27,33,37H,4,9-20H2. The predicted octanol–water partition coefficient (Wildman–Crippen LogP) is 4.33. The molecule has 2 aromatic carbocycles. The summed E-state index contributed by atoms with van der Waals surface area (Å²) in [4.78, 5) is 19.3. The van der Waals surface area contributed by atoms with Gasteiger partial charge in [0, 0.05) is 51.5 Å². The van der Waals surface area contributed by atoms with Crippen molar-refractivity contribution in [1.82, 2.24) is 14.7 Å². The van der Waals surface area contributed by atoms with E-state index >= 15 is 0 Å². The summed E-state index contributed by atoms with van der Waals surface area (Å²) in [6.45, 7) is 4.29. The van der Waals surface area contributed by atoms with E-state index in [4.69, 9.17) is 0 Å². The predicted molar refractivity (Wildman–Crippen MR) is 140 cm³/mol. The Hall–Kier alpha value is -2.62. The fraction of sp³-hybridized carbons (Fsp3) is 0.552. The third kappa shape index (κ3) is 6.68. The number of anilines is 1. The van der Waals surface area contributed by atoms with Crippen LogP contribution in [-0.4, -0.2) is 71.2 Å². The van der Waals surface area contributed by atoms with Gasteiger partial charge >= 0.3 is 6.18 Å². The van der Waals surface area contributed by atoms with Gasteiger partial charge in [-0.3, -0.25) is 14.6 Å². The number of hydrogen-bond donors (Lipinski definition) is 2. The number of amides is 1. The molecule has 1 aliphatic carbocycles. The molecule has 1 unspecified atom stereocenters. The van der Waals surface area contributed by atoms with Crippen molar-refractivity contribution in [3.8, 4) is 0 Å². The van der Waals surface area contributed by atoms with Gasteiger partial charge in [-0.05, 0) is 66.8 Å². The van der Waals surface area contributed by atoms with Gasteiger partial charge in [-0.2, -0.15) is 13.2 Å². The number of aliphatic hydroxyl groups excluding tert-OH is 1. The average Bonchev–Trinajstić information content (AvgIpc) is 3.62. The molecule has 0 spiro atoms. The summed E-state index contributed by atoms with van der Waals surface area (Å²) in [6.07, 6.45) is 0.0403. The van der Waals surface area contributed by atoms with Crippen LogP contribution >= 0.6 is 0 Å². The van der Waals surface area contributed by atoms with Crippen molar-refractivity contribution in [1.29, 1.82) is 0 Å². The van der Waals surface area contributed by atoms with E-state index in [2.05, 4.69) is 16.3 Å².